The van der Waals surface area contributed by atoms with Gasteiger partial charge in [0.05, 0.1) is 13.2 Å². The van der Waals surface area contributed by atoms with E-state index in [0.717, 1.165) is 38.4 Å². The number of carboxylic acids is 1. The number of piperidine rings is 1. The average Bonchev–Trinajstić information content (AvgIpc) is 2.67. The third-order valence-corrected chi connectivity index (χ3v) is 5.25. The lowest BCUT2D eigenvalue weighted by Crippen LogP contribution is -2.55. The van der Waals surface area contributed by atoms with Gasteiger partial charge in [0.1, 0.15) is 0 Å². The summed E-state index contributed by atoms with van der Waals surface area (Å²) in [4.78, 5) is 27.9. The molecule has 2 fully saturated rings. The summed E-state index contributed by atoms with van der Waals surface area (Å²) in [5.41, 5.74) is 0.773. The Bertz CT molecular complexity index is 604. The molecular weight excluding hydrogens is 334 g/mol. The number of hydrogen-bond acceptors (Lipinski definition) is 4. The van der Waals surface area contributed by atoms with Crippen LogP contribution in [0.2, 0.25) is 0 Å². The van der Waals surface area contributed by atoms with E-state index in [4.69, 9.17) is 9.84 Å². The fourth-order valence-electron chi connectivity index (χ4n) is 3.91. The molecule has 0 bridgehead atoms. The number of benzene rings is 1. The Morgan fingerprint density at radius 2 is 1.88 bits per heavy atom. The van der Waals surface area contributed by atoms with E-state index in [2.05, 4.69) is 10.2 Å². The number of nitrogens with one attached hydrogen (secondary N) is 1. The van der Waals surface area contributed by atoms with Crippen LogP contribution in [0.25, 0.3) is 0 Å². The molecule has 7 heteroatoms. The van der Waals surface area contributed by atoms with Crippen LogP contribution in [0.4, 0.5) is 10.5 Å². The van der Waals surface area contributed by atoms with Gasteiger partial charge in [0.15, 0.2) is 0 Å². The second-order valence-corrected chi connectivity index (χ2v) is 6.94. The summed E-state index contributed by atoms with van der Waals surface area (Å²) in [5, 5.41) is 12.0. The number of carbonyl (C=O) groups excluding carboxylic acids is 1. The zero-order valence-corrected chi connectivity index (χ0v) is 15.0. The topological polar surface area (TPSA) is 82.1 Å². The van der Waals surface area contributed by atoms with Crippen LogP contribution in [0.1, 0.15) is 19.3 Å². The zero-order valence-electron chi connectivity index (χ0n) is 15.0. The van der Waals surface area contributed by atoms with Crippen molar-refractivity contribution in [3.8, 4) is 0 Å². The molecule has 2 unspecified atom stereocenters. The number of aliphatic carboxylic acids is 1. The molecule has 0 aliphatic carbocycles. The number of carbonyl (C=O) groups is 2. The fraction of sp³-hybridized carbons (Fsp3) is 0.579. The predicted octanol–water partition coefficient (Wildman–Crippen LogP) is 2.11. The number of anilines is 1. The van der Waals surface area contributed by atoms with E-state index in [1.165, 1.54) is 0 Å². The summed E-state index contributed by atoms with van der Waals surface area (Å²) in [6, 6.07) is 9.61. The van der Waals surface area contributed by atoms with Gasteiger partial charge in [-0.1, -0.05) is 18.2 Å². The van der Waals surface area contributed by atoms with Crippen molar-refractivity contribution in [3.63, 3.8) is 0 Å². The number of hydrogen-bond donors (Lipinski definition) is 2. The molecule has 2 atom stereocenters. The monoisotopic (exact) mass is 361 g/mol. The molecule has 26 heavy (non-hydrogen) atoms. The Morgan fingerprint density at radius 3 is 2.58 bits per heavy atom. The molecule has 2 N–H and O–H groups in total. The summed E-state index contributed by atoms with van der Waals surface area (Å²) in [6.45, 7) is 4.48. The van der Waals surface area contributed by atoms with Crippen molar-refractivity contribution < 1.29 is 19.4 Å². The van der Waals surface area contributed by atoms with Crippen molar-refractivity contribution in [3.05, 3.63) is 30.3 Å². The van der Waals surface area contributed by atoms with Gasteiger partial charge >= 0.3 is 12.0 Å². The van der Waals surface area contributed by atoms with Crippen LogP contribution in [-0.2, 0) is 9.53 Å². The van der Waals surface area contributed by atoms with Crippen molar-refractivity contribution in [2.75, 3.05) is 44.7 Å². The van der Waals surface area contributed by atoms with E-state index in [9.17, 15) is 9.59 Å². The Kier molecular flexibility index (Phi) is 6.46. The normalized spacial score (nSPS) is 24.2. The minimum atomic E-state index is -0.781. The van der Waals surface area contributed by atoms with E-state index >= 15 is 0 Å². The summed E-state index contributed by atoms with van der Waals surface area (Å²) in [6.07, 6.45) is 1.60. The summed E-state index contributed by atoms with van der Waals surface area (Å²) >= 11 is 0. The van der Waals surface area contributed by atoms with Gasteiger partial charge in [-0.05, 0) is 30.9 Å². The van der Waals surface area contributed by atoms with Crippen LogP contribution in [0.3, 0.4) is 0 Å². The Hall–Kier alpha value is -2.12. The quantitative estimate of drug-likeness (QED) is 0.839. The second-order valence-electron chi connectivity index (χ2n) is 6.94. The van der Waals surface area contributed by atoms with Gasteiger partial charge < -0.3 is 20.1 Å². The van der Waals surface area contributed by atoms with Gasteiger partial charge in [0, 0.05) is 44.3 Å². The Morgan fingerprint density at radius 1 is 1.15 bits per heavy atom. The highest BCUT2D eigenvalue weighted by atomic mass is 16.5. The molecule has 142 valence electrons. The number of amides is 2. The van der Waals surface area contributed by atoms with E-state index in [1.54, 1.807) is 0 Å². The largest absolute Gasteiger partial charge is 0.481 e. The summed E-state index contributed by atoms with van der Waals surface area (Å²) in [5.74, 6) is -0.615. The van der Waals surface area contributed by atoms with Crippen molar-refractivity contribution in [2.24, 2.45) is 5.92 Å². The standard InChI is InChI=1S/C19H27N3O4/c23-18(24)7-6-15-14-22(19(25)20-16-4-2-1-3-5-16)9-8-17(15)21-10-12-26-13-11-21/h1-5,15,17H,6-14H2,(H,20,25)(H,23,24). The number of carboxylic acid groups (broad SMARTS) is 1. The molecule has 2 amide bonds. The maximum atomic E-state index is 12.6. The molecule has 2 aliphatic rings. The fourth-order valence-corrected chi connectivity index (χ4v) is 3.91. The zero-order chi connectivity index (χ0) is 18.4. The maximum Gasteiger partial charge on any atom is 0.321 e. The first-order chi connectivity index (χ1) is 12.6. The Balaban J connectivity index is 1.63. The molecular formula is C19H27N3O4. The minimum Gasteiger partial charge on any atom is -0.481 e. The third kappa shape index (κ3) is 4.95. The van der Waals surface area contributed by atoms with Crippen LogP contribution < -0.4 is 5.32 Å². The van der Waals surface area contributed by atoms with Gasteiger partial charge in [-0.2, -0.15) is 0 Å². The number of rotatable bonds is 5. The van der Waals surface area contributed by atoms with Crippen molar-refractivity contribution in [1.82, 2.24) is 9.80 Å². The van der Waals surface area contributed by atoms with Crippen LogP contribution in [-0.4, -0.2) is 72.3 Å². The molecule has 1 aromatic carbocycles. The summed E-state index contributed by atoms with van der Waals surface area (Å²) in [7, 11) is 0. The first-order valence-corrected chi connectivity index (χ1v) is 9.28. The minimum absolute atomic E-state index is 0.114. The van der Waals surface area contributed by atoms with Crippen molar-refractivity contribution in [2.45, 2.75) is 25.3 Å². The molecule has 3 rings (SSSR count). The molecule has 1 aromatic rings. The first-order valence-electron chi connectivity index (χ1n) is 9.28. The molecule has 0 saturated carbocycles. The average molecular weight is 361 g/mol. The number of para-hydroxylation sites is 1. The van der Waals surface area contributed by atoms with E-state index < -0.39 is 5.97 Å². The van der Waals surface area contributed by atoms with E-state index in [-0.39, 0.29) is 18.4 Å². The predicted molar refractivity (Wildman–Crippen MR) is 98.2 cm³/mol. The SMILES string of the molecule is O=C(O)CCC1CN(C(=O)Nc2ccccc2)CCC1N1CCOCC1. The van der Waals surface area contributed by atoms with Crippen molar-refractivity contribution >= 4 is 17.7 Å². The van der Waals surface area contributed by atoms with Crippen LogP contribution >= 0.6 is 0 Å². The molecule has 2 aliphatic heterocycles. The van der Waals surface area contributed by atoms with Gasteiger partial charge in [-0.25, -0.2) is 4.79 Å². The highest BCUT2D eigenvalue weighted by Gasteiger charge is 2.35. The van der Waals surface area contributed by atoms with Gasteiger partial charge in [0.25, 0.3) is 0 Å². The molecule has 0 radical (unpaired) electrons. The number of morpholine rings is 1. The van der Waals surface area contributed by atoms with Crippen LogP contribution in [0.15, 0.2) is 30.3 Å². The lowest BCUT2D eigenvalue weighted by atomic mass is 9.87. The molecule has 0 spiro atoms. The first kappa shape index (κ1) is 18.7. The highest BCUT2D eigenvalue weighted by molar-refractivity contribution is 5.89. The van der Waals surface area contributed by atoms with Crippen LogP contribution in [0.5, 0.6) is 0 Å². The van der Waals surface area contributed by atoms with E-state index in [0.29, 0.717) is 25.6 Å². The Labute approximate surface area is 153 Å². The molecule has 7 nitrogen and oxygen atoms in total. The molecule has 0 aromatic heterocycles. The number of ether oxygens (including phenoxy) is 1. The number of urea groups is 1. The lowest BCUT2D eigenvalue weighted by Gasteiger charge is -2.45. The third-order valence-electron chi connectivity index (χ3n) is 5.25. The number of likely N-dealkylation sites (tertiary alicyclic amines) is 1. The van der Waals surface area contributed by atoms with Gasteiger partial charge in [-0.15, -0.1) is 0 Å². The lowest BCUT2D eigenvalue weighted by molar-refractivity contribution is -0.137. The van der Waals surface area contributed by atoms with E-state index in [1.807, 2.05) is 35.2 Å². The smallest absolute Gasteiger partial charge is 0.321 e. The van der Waals surface area contributed by atoms with Crippen LogP contribution in [0, 0.1) is 5.92 Å². The molecule has 2 saturated heterocycles. The van der Waals surface area contributed by atoms with Crippen molar-refractivity contribution in [1.29, 1.82) is 0 Å². The maximum absolute atomic E-state index is 12.6. The second kappa shape index (κ2) is 9.00. The summed E-state index contributed by atoms with van der Waals surface area (Å²) < 4.78 is 5.44. The number of nitrogens with zero attached hydrogens (tertiary/aromatic N) is 2. The molecule has 2 heterocycles. The highest BCUT2D eigenvalue weighted by Crippen LogP contribution is 2.27. The van der Waals surface area contributed by atoms with Gasteiger partial charge in [-0.3, -0.25) is 9.69 Å². The van der Waals surface area contributed by atoms with Gasteiger partial charge in [0.2, 0.25) is 0 Å².